The number of rotatable bonds is 2. The molecule has 2 N–H and O–H groups in total. The third kappa shape index (κ3) is 2.46. The van der Waals surface area contributed by atoms with Crippen molar-refractivity contribution in [2.45, 2.75) is 51.8 Å². The molecule has 0 spiro atoms. The summed E-state index contributed by atoms with van der Waals surface area (Å²) in [5.41, 5.74) is 0. The van der Waals surface area contributed by atoms with E-state index in [1.807, 2.05) is 6.92 Å². The molecule has 0 aromatic heterocycles. The van der Waals surface area contributed by atoms with E-state index in [9.17, 15) is 5.11 Å². The van der Waals surface area contributed by atoms with Crippen LogP contribution in [0.5, 0.6) is 0 Å². The average molecular weight is 157 g/mol. The normalized spacial score (nSPS) is 38.5. The Labute approximate surface area is 69.0 Å². The summed E-state index contributed by atoms with van der Waals surface area (Å²) in [6, 6.07) is 0.832. The predicted octanol–water partition coefficient (Wildman–Crippen LogP) is 1.14. The highest BCUT2D eigenvalue weighted by Crippen LogP contribution is 2.18. The fourth-order valence-corrected chi connectivity index (χ4v) is 1.78. The van der Waals surface area contributed by atoms with Gasteiger partial charge in [0.1, 0.15) is 0 Å². The molecule has 1 rings (SSSR count). The molecule has 1 aliphatic heterocycles. The fourth-order valence-electron chi connectivity index (χ4n) is 1.78. The smallest absolute Gasteiger partial charge is 0.0705 e. The zero-order valence-electron chi connectivity index (χ0n) is 7.67. The Morgan fingerprint density at radius 3 is 2.55 bits per heavy atom. The summed E-state index contributed by atoms with van der Waals surface area (Å²) in [6.45, 7) is 6.49. The Morgan fingerprint density at radius 1 is 1.55 bits per heavy atom. The molecule has 0 aromatic rings. The summed E-state index contributed by atoms with van der Waals surface area (Å²) < 4.78 is 0. The largest absolute Gasteiger partial charge is 0.391 e. The van der Waals surface area contributed by atoms with Gasteiger partial charge in [-0.25, -0.2) is 0 Å². The number of hydrogen-bond acceptors (Lipinski definition) is 2. The van der Waals surface area contributed by atoms with Crippen LogP contribution in [0.4, 0.5) is 0 Å². The van der Waals surface area contributed by atoms with E-state index in [0.29, 0.717) is 12.1 Å². The van der Waals surface area contributed by atoms with Gasteiger partial charge in [0.2, 0.25) is 0 Å². The van der Waals surface area contributed by atoms with Crippen molar-refractivity contribution >= 4 is 0 Å². The van der Waals surface area contributed by atoms with Crippen molar-refractivity contribution in [3.8, 4) is 0 Å². The van der Waals surface area contributed by atoms with Crippen molar-refractivity contribution in [3.63, 3.8) is 0 Å². The first-order valence-corrected chi connectivity index (χ1v) is 4.53. The van der Waals surface area contributed by atoms with Crippen molar-refractivity contribution in [2.75, 3.05) is 0 Å². The van der Waals surface area contributed by atoms with Gasteiger partial charge >= 0.3 is 0 Å². The van der Waals surface area contributed by atoms with Gasteiger partial charge in [-0.1, -0.05) is 13.8 Å². The van der Waals surface area contributed by atoms with Crippen LogP contribution in [0.15, 0.2) is 0 Å². The Morgan fingerprint density at radius 2 is 2.18 bits per heavy atom. The van der Waals surface area contributed by atoms with E-state index in [1.165, 1.54) is 6.42 Å². The Hall–Kier alpha value is -0.0800. The monoisotopic (exact) mass is 157 g/mol. The van der Waals surface area contributed by atoms with E-state index in [1.54, 1.807) is 0 Å². The first-order chi connectivity index (χ1) is 5.09. The molecule has 2 heteroatoms. The van der Waals surface area contributed by atoms with Crippen LogP contribution in [0.2, 0.25) is 0 Å². The van der Waals surface area contributed by atoms with Crippen LogP contribution in [-0.4, -0.2) is 23.3 Å². The maximum absolute atomic E-state index is 9.42. The van der Waals surface area contributed by atoms with Crippen LogP contribution >= 0.6 is 0 Å². The molecule has 0 unspecified atom stereocenters. The minimum Gasteiger partial charge on any atom is -0.391 e. The second-order valence-corrected chi connectivity index (χ2v) is 4.08. The van der Waals surface area contributed by atoms with Gasteiger partial charge in [-0.2, -0.15) is 0 Å². The van der Waals surface area contributed by atoms with Crippen LogP contribution in [0.3, 0.4) is 0 Å². The summed E-state index contributed by atoms with van der Waals surface area (Å²) in [6.07, 6.45) is 1.99. The van der Waals surface area contributed by atoms with E-state index in [2.05, 4.69) is 19.2 Å². The SMILES string of the molecule is CC(C)C[C@@H]1C[C@@H](O)[C@H](C)N1. The minimum atomic E-state index is -0.126. The van der Waals surface area contributed by atoms with E-state index in [-0.39, 0.29) is 6.10 Å². The van der Waals surface area contributed by atoms with Gasteiger partial charge in [0.15, 0.2) is 0 Å². The summed E-state index contributed by atoms with van der Waals surface area (Å²) >= 11 is 0. The molecule has 0 bridgehead atoms. The lowest BCUT2D eigenvalue weighted by atomic mass is 10.0. The molecule has 0 amide bonds. The van der Waals surface area contributed by atoms with E-state index in [0.717, 1.165) is 12.3 Å². The van der Waals surface area contributed by atoms with Gasteiger partial charge in [0, 0.05) is 12.1 Å². The molecule has 2 nitrogen and oxygen atoms in total. The molecule has 0 radical (unpaired) electrons. The van der Waals surface area contributed by atoms with Gasteiger partial charge < -0.3 is 10.4 Å². The highest BCUT2D eigenvalue weighted by Gasteiger charge is 2.28. The Bertz CT molecular complexity index is 112. The van der Waals surface area contributed by atoms with Crippen molar-refractivity contribution in [1.29, 1.82) is 0 Å². The first-order valence-electron chi connectivity index (χ1n) is 4.53. The molecule has 66 valence electrons. The average Bonchev–Trinajstić information content (AvgIpc) is 2.10. The lowest BCUT2D eigenvalue weighted by Gasteiger charge is -2.12. The van der Waals surface area contributed by atoms with Crippen molar-refractivity contribution < 1.29 is 5.11 Å². The van der Waals surface area contributed by atoms with Gasteiger partial charge in [-0.15, -0.1) is 0 Å². The Balaban J connectivity index is 2.29. The summed E-state index contributed by atoms with van der Waals surface area (Å²) in [5.74, 6) is 0.727. The summed E-state index contributed by atoms with van der Waals surface area (Å²) in [5, 5.41) is 12.8. The lowest BCUT2D eigenvalue weighted by Crippen LogP contribution is -2.30. The van der Waals surface area contributed by atoms with Gasteiger partial charge in [-0.05, 0) is 25.7 Å². The topological polar surface area (TPSA) is 32.3 Å². The third-order valence-corrected chi connectivity index (χ3v) is 2.36. The van der Waals surface area contributed by atoms with Crippen LogP contribution < -0.4 is 5.32 Å². The number of aliphatic hydroxyl groups is 1. The predicted molar refractivity (Wildman–Crippen MR) is 46.5 cm³/mol. The van der Waals surface area contributed by atoms with Gasteiger partial charge in [0.05, 0.1) is 6.10 Å². The Kier molecular flexibility index (Phi) is 2.90. The maximum atomic E-state index is 9.42. The van der Waals surface area contributed by atoms with Crippen molar-refractivity contribution in [3.05, 3.63) is 0 Å². The molecule has 1 fully saturated rings. The minimum absolute atomic E-state index is 0.126. The molecule has 11 heavy (non-hydrogen) atoms. The van der Waals surface area contributed by atoms with E-state index in [4.69, 9.17) is 0 Å². The highest BCUT2D eigenvalue weighted by atomic mass is 16.3. The maximum Gasteiger partial charge on any atom is 0.0705 e. The molecule has 0 saturated carbocycles. The first kappa shape index (κ1) is 9.01. The second kappa shape index (κ2) is 3.55. The summed E-state index contributed by atoms with van der Waals surface area (Å²) in [4.78, 5) is 0. The molecular weight excluding hydrogens is 138 g/mol. The summed E-state index contributed by atoms with van der Waals surface area (Å²) in [7, 11) is 0. The highest BCUT2D eigenvalue weighted by molar-refractivity contribution is 4.88. The molecule has 0 aromatic carbocycles. The number of aliphatic hydroxyl groups excluding tert-OH is 1. The second-order valence-electron chi connectivity index (χ2n) is 4.08. The number of nitrogens with one attached hydrogen (secondary N) is 1. The zero-order chi connectivity index (χ0) is 8.43. The molecule has 1 saturated heterocycles. The molecule has 0 aliphatic carbocycles. The van der Waals surface area contributed by atoms with E-state index >= 15 is 0 Å². The van der Waals surface area contributed by atoms with Gasteiger partial charge in [-0.3, -0.25) is 0 Å². The number of hydrogen-bond donors (Lipinski definition) is 2. The van der Waals surface area contributed by atoms with Gasteiger partial charge in [0.25, 0.3) is 0 Å². The quantitative estimate of drug-likeness (QED) is 0.630. The van der Waals surface area contributed by atoms with E-state index < -0.39 is 0 Å². The molecule has 3 atom stereocenters. The van der Waals surface area contributed by atoms with Crippen molar-refractivity contribution in [2.24, 2.45) is 5.92 Å². The van der Waals surface area contributed by atoms with Crippen LogP contribution in [-0.2, 0) is 0 Å². The lowest BCUT2D eigenvalue weighted by molar-refractivity contribution is 0.164. The van der Waals surface area contributed by atoms with Crippen LogP contribution in [0.1, 0.15) is 33.6 Å². The zero-order valence-corrected chi connectivity index (χ0v) is 7.67. The molecule has 1 aliphatic rings. The standard InChI is InChI=1S/C9H19NO/c1-6(2)4-8-5-9(11)7(3)10-8/h6-11H,4-5H2,1-3H3/t7-,8+,9+/m0/s1. The molecule has 1 heterocycles. The van der Waals surface area contributed by atoms with Crippen LogP contribution in [0, 0.1) is 5.92 Å². The fraction of sp³-hybridized carbons (Fsp3) is 1.00. The van der Waals surface area contributed by atoms with Crippen molar-refractivity contribution in [1.82, 2.24) is 5.32 Å². The molecular formula is C9H19NO. The van der Waals surface area contributed by atoms with Crippen LogP contribution in [0.25, 0.3) is 0 Å². The third-order valence-electron chi connectivity index (χ3n) is 2.36.